The van der Waals surface area contributed by atoms with E-state index in [4.69, 9.17) is 4.42 Å². The van der Waals surface area contributed by atoms with Crippen LogP contribution in [0.1, 0.15) is 30.8 Å². The fourth-order valence-corrected chi connectivity index (χ4v) is 2.13. The number of aromatic nitrogens is 1. The predicted molar refractivity (Wildman–Crippen MR) is 80.2 cm³/mol. The number of carboxylic acids is 1. The summed E-state index contributed by atoms with van der Waals surface area (Å²) in [6, 6.07) is 4.36. The van der Waals surface area contributed by atoms with Gasteiger partial charge in [0.1, 0.15) is 11.9 Å². The van der Waals surface area contributed by atoms with Crippen LogP contribution < -0.4 is 5.32 Å². The molecule has 0 saturated carbocycles. The number of oxazole rings is 1. The number of halogens is 1. The molecule has 2 aromatic rings. The third kappa shape index (κ3) is 4.15. The van der Waals surface area contributed by atoms with Gasteiger partial charge >= 0.3 is 5.97 Å². The molecule has 0 bridgehead atoms. The first-order chi connectivity index (χ1) is 10.9. The van der Waals surface area contributed by atoms with Crippen molar-refractivity contribution >= 4 is 11.9 Å². The van der Waals surface area contributed by atoms with Gasteiger partial charge in [-0.1, -0.05) is 13.8 Å². The average Bonchev–Trinajstić information content (AvgIpc) is 2.96. The Labute approximate surface area is 132 Å². The molecular formula is C16H17FN2O4. The summed E-state index contributed by atoms with van der Waals surface area (Å²) in [6.45, 7) is 3.73. The van der Waals surface area contributed by atoms with Crippen LogP contribution in [-0.2, 0) is 4.79 Å². The van der Waals surface area contributed by atoms with Gasteiger partial charge in [0.15, 0.2) is 17.8 Å². The Bertz CT molecular complexity index is 694. The Kier molecular flexibility index (Phi) is 5.10. The van der Waals surface area contributed by atoms with Crippen LogP contribution in [0.4, 0.5) is 4.39 Å². The molecule has 6 nitrogen and oxygen atoms in total. The Morgan fingerprint density at radius 1 is 1.30 bits per heavy atom. The summed E-state index contributed by atoms with van der Waals surface area (Å²) >= 11 is 0. The second-order valence-corrected chi connectivity index (χ2v) is 5.53. The maximum Gasteiger partial charge on any atom is 0.326 e. The van der Waals surface area contributed by atoms with E-state index in [2.05, 4.69) is 10.3 Å². The van der Waals surface area contributed by atoms with Gasteiger partial charge in [-0.25, -0.2) is 14.2 Å². The lowest BCUT2D eigenvalue weighted by molar-refractivity contribution is -0.139. The summed E-state index contributed by atoms with van der Waals surface area (Å²) < 4.78 is 18.2. The number of carboxylic acid groups (broad SMARTS) is 1. The van der Waals surface area contributed by atoms with E-state index in [1.54, 1.807) is 0 Å². The number of amides is 1. The highest BCUT2D eigenvalue weighted by Gasteiger charge is 2.25. The highest BCUT2D eigenvalue weighted by Crippen LogP contribution is 2.23. The van der Waals surface area contributed by atoms with Crippen molar-refractivity contribution < 1.29 is 23.5 Å². The molecule has 0 radical (unpaired) electrons. The molecule has 2 rings (SSSR count). The summed E-state index contributed by atoms with van der Waals surface area (Å²) in [4.78, 5) is 27.4. The smallest absolute Gasteiger partial charge is 0.326 e. The van der Waals surface area contributed by atoms with Crippen molar-refractivity contribution in [2.75, 3.05) is 0 Å². The van der Waals surface area contributed by atoms with E-state index in [9.17, 15) is 19.1 Å². The number of carbonyl (C=O) groups is 2. The van der Waals surface area contributed by atoms with Crippen LogP contribution in [0.3, 0.4) is 0 Å². The van der Waals surface area contributed by atoms with Gasteiger partial charge in [-0.15, -0.1) is 0 Å². The molecule has 1 aromatic heterocycles. The number of rotatable bonds is 6. The number of hydrogen-bond acceptors (Lipinski definition) is 4. The van der Waals surface area contributed by atoms with Crippen molar-refractivity contribution in [2.45, 2.75) is 26.3 Å². The number of aliphatic carboxylic acids is 1. The van der Waals surface area contributed by atoms with Crippen molar-refractivity contribution in [1.82, 2.24) is 10.3 Å². The number of nitrogens with zero attached hydrogens (tertiary/aromatic N) is 1. The van der Waals surface area contributed by atoms with Crippen LogP contribution in [0.25, 0.3) is 11.3 Å². The van der Waals surface area contributed by atoms with Crippen molar-refractivity contribution in [3.63, 3.8) is 0 Å². The molecule has 0 unspecified atom stereocenters. The van der Waals surface area contributed by atoms with Crippen LogP contribution in [0.2, 0.25) is 0 Å². The van der Waals surface area contributed by atoms with Gasteiger partial charge in [-0.2, -0.15) is 0 Å². The number of carbonyl (C=O) groups excluding carboxylic acids is 1. The molecule has 0 spiro atoms. The van der Waals surface area contributed by atoms with E-state index in [0.717, 1.165) is 6.39 Å². The Hall–Kier alpha value is -2.70. The molecule has 1 amide bonds. The summed E-state index contributed by atoms with van der Waals surface area (Å²) in [5.74, 6) is -1.91. The Morgan fingerprint density at radius 3 is 2.52 bits per heavy atom. The van der Waals surface area contributed by atoms with Crippen molar-refractivity contribution in [3.05, 3.63) is 42.2 Å². The van der Waals surface area contributed by atoms with Gasteiger partial charge in [-0.3, -0.25) is 4.79 Å². The summed E-state index contributed by atoms with van der Waals surface area (Å²) in [6.07, 6.45) is 1.39. The molecule has 0 aliphatic heterocycles. The molecule has 0 fully saturated rings. The second-order valence-electron chi connectivity index (χ2n) is 5.53. The van der Waals surface area contributed by atoms with Gasteiger partial charge in [0.2, 0.25) is 0 Å². The normalized spacial score (nSPS) is 12.2. The van der Waals surface area contributed by atoms with Crippen molar-refractivity contribution in [3.8, 4) is 11.3 Å². The number of benzene rings is 1. The third-order valence-corrected chi connectivity index (χ3v) is 3.20. The summed E-state index contributed by atoms with van der Waals surface area (Å²) in [5, 5.41) is 11.6. The molecule has 0 aliphatic rings. The van der Waals surface area contributed by atoms with Crippen LogP contribution >= 0.6 is 0 Å². The van der Waals surface area contributed by atoms with Crippen LogP contribution in [0.15, 0.2) is 35.1 Å². The first-order valence-corrected chi connectivity index (χ1v) is 7.11. The average molecular weight is 320 g/mol. The monoisotopic (exact) mass is 320 g/mol. The maximum atomic E-state index is 13.0. The van der Waals surface area contributed by atoms with E-state index in [-0.39, 0.29) is 17.4 Å². The lowest BCUT2D eigenvalue weighted by Gasteiger charge is -2.15. The van der Waals surface area contributed by atoms with Gasteiger partial charge in [0, 0.05) is 5.56 Å². The minimum Gasteiger partial charge on any atom is -0.480 e. The molecule has 122 valence electrons. The fourth-order valence-electron chi connectivity index (χ4n) is 2.13. The SMILES string of the molecule is CC(C)C[C@@H](NC(=O)c1ncoc1-c1ccc(F)cc1)C(=O)O. The zero-order valence-corrected chi connectivity index (χ0v) is 12.7. The molecule has 1 heterocycles. The van der Waals surface area contributed by atoms with Gasteiger partial charge in [0.25, 0.3) is 5.91 Å². The first-order valence-electron chi connectivity index (χ1n) is 7.11. The number of hydrogen-bond donors (Lipinski definition) is 2. The Morgan fingerprint density at radius 2 is 1.96 bits per heavy atom. The van der Waals surface area contributed by atoms with E-state index in [0.29, 0.717) is 12.0 Å². The summed E-state index contributed by atoms with van der Waals surface area (Å²) in [5.41, 5.74) is 0.441. The minimum absolute atomic E-state index is 0.0355. The second kappa shape index (κ2) is 7.04. The van der Waals surface area contributed by atoms with E-state index >= 15 is 0 Å². The minimum atomic E-state index is -1.11. The van der Waals surface area contributed by atoms with Crippen molar-refractivity contribution in [1.29, 1.82) is 0 Å². The predicted octanol–water partition coefficient (Wildman–Crippen LogP) is 2.71. The molecule has 0 saturated heterocycles. The van der Waals surface area contributed by atoms with Crippen LogP contribution in [-0.4, -0.2) is 28.0 Å². The number of nitrogens with one attached hydrogen (secondary N) is 1. The van der Waals surface area contributed by atoms with Gasteiger partial charge in [-0.05, 0) is 36.6 Å². The van der Waals surface area contributed by atoms with Crippen molar-refractivity contribution in [2.24, 2.45) is 5.92 Å². The van der Waals surface area contributed by atoms with Gasteiger partial charge in [0.05, 0.1) is 0 Å². The molecule has 1 aromatic carbocycles. The standard InChI is InChI=1S/C16H17FN2O4/c1-9(2)7-12(16(21)22)19-15(20)13-14(23-8-18-13)10-3-5-11(17)6-4-10/h3-6,8-9,12H,7H2,1-2H3,(H,19,20)(H,21,22)/t12-/m1/s1. The quantitative estimate of drug-likeness (QED) is 0.853. The largest absolute Gasteiger partial charge is 0.480 e. The lowest BCUT2D eigenvalue weighted by atomic mass is 10.0. The maximum absolute atomic E-state index is 13.0. The molecular weight excluding hydrogens is 303 g/mol. The fraction of sp³-hybridized carbons (Fsp3) is 0.312. The highest BCUT2D eigenvalue weighted by molar-refractivity contribution is 5.99. The van der Waals surface area contributed by atoms with E-state index in [1.807, 2.05) is 13.8 Å². The van der Waals surface area contributed by atoms with Gasteiger partial charge < -0.3 is 14.8 Å². The lowest BCUT2D eigenvalue weighted by Crippen LogP contribution is -2.41. The third-order valence-electron chi connectivity index (χ3n) is 3.20. The molecule has 2 N–H and O–H groups in total. The summed E-state index contributed by atoms with van der Waals surface area (Å²) in [7, 11) is 0. The van der Waals surface area contributed by atoms with E-state index < -0.39 is 23.7 Å². The van der Waals surface area contributed by atoms with Crippen LogP contribution in [0, 0.1) is 11.7 Å². The Balaban J connectivity index is 2.22. The molecule has 7 heteroatoms. The zero-order chi connectivity index (χ0) is 17.0. The highest BCUT2D eigenvalue weighted by atomic mass is 19.1. The van der Waals surface area contributed by atoms with E-state index in [1.165, 1.54) is 24.3 Å². The zero-order valence-electron chi connectivity index (χ0n) is 12.7. The first kappa shape index (κ1) is 16.7. The molecule has 23 heavy (non-hydrogen) atoms. The van der Waals surface area contributed by atoms with Crippen LogP contribution in [0.5, 0.6) is 0 Å². The molecule has 1 atom stereocenters. The molecule has 0 aliphatic carbocycles. The topological polar surface area (TPSA) is 92.4 Å².